The van der Waals surface area contributed by atoms with Crippen LogP contribution in [-0.2, 0) is 17.8 Å². The summed E-state index contributed by atoms with van der Waals surface area (Å²) in [6.45, 7) is 2.13. The second-order valence-corrected chi connectivity index (χ2v) is 6.28. The first kappa shape index (κ1) is 15.4. The highest BCUT2D eigenvalue weighted by atomic mass is 16.5. The molecule has 0 fully saturated rings. The molecule has 1 unspecified atom stereocenters. The number of fused-ring (bicyclic) bond motifs is 1. The molecule has 1 N–H and O–H groups in total. The summed E-state index contributed by atoms with van der Waals surface area (Å²) in [7, 11) is 0. The first-order valence-electron chi connectivity index (χ1n) is 8.19. The minimum Gasteiger partial charge on any atom is -0.467 e. The Morgan fingerprint density at radius 2 is 2.04 bits per heavy atom. The third-order valence-corrected chi connectivity index (χ3v) is 4.42. The van der Waals surface area contributed by atoms with E-state index in [-0.39, 0.29) is 5.91 Å². The predicted octanol–water partition coefficient (Wildman–Crippen LogP) is 3.35. The van der Waals surface area contributed by atoms with Crippen molar-refractivity contribution in [2.75, 3.05) is 0 Å². The molecule has 1 amide bonds. The maximum atomic E-state index is 12.7. The average molecular weight is 334 g/mol. The maximum absolute atomic E-state index is 12.7. The van der Waals surface area contributed by atoms with Gasteiger partial charge in [-0.25, -0.2) is 4.98 Å². The van der Waals surface area contributed by atoms with Crippen molar-refractivity contribution in [3.63, 3.8) is 0 Å². The van der Waals surface area contributed by atoms with Gasteiger partial charge in [0.25, 0.3) is 5.91 Å². The Morgan fingerprint density at radius 1 is 1.20 bits per heavy atom. The zero-order chi connectivity index (χ0) is 17.3. The number of ether oxygens (including phenoxy) is 1. The number of hydrogen-bond donors (Lipinski definition) is 1. The van der Waals surface area contributed by atoms with Gasteiger partial charge in [0.1, 0.15) is 5.76 Å². The predicted molar refractivity (Wildman–Crippen MR) is 93.0 cm³/mol. The Kier molecular flexibility index (Phi) is 3.76. The van der Waals surface area contributed by atoms with Crippen molar-refractivity contribution >= 4 is 5.91 Å². The van der Waals surface area contributed by atoms with Crippen LogP contribution < -0.4 is 10.1 Å². The van der Waals surface area contributed by atoms with Crippen LogP contribution in [0.4, 0.5) is 0 Å². The van der Waals surface area contributed by atoms with E-state index in [4.69, 9.17) is 9.15 Å². The van der Waals surface area contributed by atoms with E-state index in [1.165, 1.54) is 0 Å². The number of aromatic nitrogens is 1. The molecule has 1 aliphatic rings. The van der Waals surface area contributed by atoms with Gasteiger partial charge in [-0.05, 0) is 36.2 Å². The Bertz CT molecular complexity index is 891. The third-order valence-electron chi connectivity index (χ3n) is 4.42. The summed E-state index contributed by atoms with van der Waals surface area (Å²) >= 11 is 0. The monoisotopic (exact) mass is 334 g/mol. The molecule has 1 aromatic carbocycles. The molecular weight excluding hydrogens is 316 g/mol. The molecule has 5 nitrogen and oxygen atoms in total. The molecule has 0 spiro atoms. The Labute approximate surface area is 145 Å². The van der Waals surface area contributed by atoms with E-state index in [1.807, 2.05) is 42.5 Å². The molecule has 0 radical (unpaired) electrons. The van der Waals surface area contributed by atoms with Crippen molar-refractivity contribution in [1.82, 2.24) is 10.3 Å². The highest BCUT2D eigenvalue weighted by molar-refractivity contribution is 5.87. The number of nitrogens with one attached hydrogen (secondary N) is 1. The first-order chi connectivity index (χ1) is 12.2. The van der Waals surface area contributed by atoms with E-state index in [9.17, 15) is 4.79 Å². The van der Waals surface area contributed by atoms with Crippen LogP contribution in [0.3, 0.4) is 0 Å². The molecule has 0 aliphatic carbocycles. The molecule has 0 saturated carbocycles. The smallest absolute Gasteiger partial charge is 0.264 e. The fourth-order valence-corrected chi connectivity index (χ4v) is 3.10. The van der Waals surface area contributed by atoms with Crippen LogP contribution in [0, 0.1) is 0 Å². The van der Waals surface area contributed by atoms with E-state index in [0.29, 0.717) is 24.6 Å². The van der Waals surface area contributed by atoms with Crippen LogP contribution in [0.25, 0.3) is 11.1 Å². The van der Waals surface area contributed by atoms with Crippen molar-refractivity contribution in [1.29, 1.82) is 0 Å². The largest absolute Gasteiger partial charge is 0.467 e. The SMILES string of the molecule is CC1(C(=O)NCc2ccco2)Cc2c(-c3ccccc3)ccnc2O1. The summed E-state index contributed by atoms with van der Waals surface area (Å²) in [6, 6.07) is 15.6. The Hall–Kier alpha value is -3.08. The molecule has 3 aromatic rings. The molecule has 0 saturated heterocycles. The van der Waals surface area contributed by atoms with Crippen LogP contribution in [0.2, 0.25) is 0 Å². The van der Waals surface area contributed by atoms with Gasteiger partial charge in [-0.15, -0.1) is 0 Å². The van der Waals surface area contributed by atoms with Crippen molar-refractivity contribution in [3.8, 4) is 17.0 Å². The molecule has 0 bridgehead atoms. The molecule has 126 valence electrons. The van der Waals surface area contributed by atoms with Gasteiger partial charge in [0.15, 0.2) is 5.60 Å². The number of furan rings is 1. The second kappa shape index (κ2) is 6.09. The fraction of sp³-hybridized carbons (Fsp3) is 0.200. The number of hydrogen-bond acceptors (Lipinski definition) is 4. The number of nitrogens with zero attached hydrogens (tertiary/aromatic N) is 1. The van der Waals surface area contributed by atoms with Gasteiger partial charge < -0.3 is 14.5 Å². The summed E-state index contributed by atoms with van der Waals surface area (Å²) in [5.74, 6) is 1.05. The van der Waals surface area contributed by atoms with Crippen LogP contribution in [-0.4, -0.2) is 16.5 Å². The van der Waals surface area contributed by atoms with Crippen LogP contribution in [0.1, 0.15) is 18.2 Å². The minimum absolute atomic E-state index is 0.180. The van der Waals surface area contributed by atoms with E-state index in [1.54, 1.807) is 25.5 Å². The summed E-state index contributed by atoms with van der Waals surface area (Å²) < 4.78 is 11.2. The van der Waals surface area contributed by atoms with Gasteiger partial charge in [0.2, 0.25) is 5.88 Å². The number of amides is 1. The molecule has 4 rings (SSSR count). The standard InChI is InChI=1S/C20H18N2O3/c1-20(19(23)22-13-15-8-5-11-24-15)12-17-16(9-10-21-18(17)25-20)14-6-3-2-4-7-14/h2-11H,12-13H2,1H3,(H,22,23). The van der Waals surface area contributed by atoms with E-state index < -0.39 is 5.60 Å². The lowest BCUT2D eigenvalue weighted by Gasteiger charge is -2.22. The van der Waals surface area contributed by atoms with Gasteiger partial charge in [-0.3, -0.25) is 4.79 Å². The Morgan fingerprint density at radius 3 is 2.80 bits per heavy atom. The number of rotatable bonds is 4. The normalized spacial score (nSPS) is 18.4. The number of carbonyl (C=O) groups is 1. The number of pyridine rings is 1. The van der Waals surface area contributed by atoms with Crippen molar-refractivity contribution in [2.24, 2.45) is 0 Å². The van der Waals surface area contributed by atoms with Crippen LogP contribution in [0.5, 0.6) is 5.88 Å². The minimum atomic E-state index is -0.979. The van der Waals surface area contributed by atoms with Crippen molar-refractivity contribution < 1.29 is 13.9 Å². The molecule has 1 atom stereocenters. The van der Waals surface area contributed by atoms with Gasteiger partial charge in [-0.2, -0.15) is 0 Å². The average Bonchev–Trinajstić information content (AvgIpc) is 3.27. The van der Waals surface area contributed by atoms with Crippen molar-refractivity contribution in [3.05, 3.63) is 72.3 Å². The zero-order valence-electron chi connectivity index (χ0n) is 13.9. The Balaban J connectivity index is 1.57. The van der Waals surface area contributed by atoms with E-state index in [0.717, 1.165) is 16.7 Å². The van der Waals surface area contributed by atoms with Gasteiger partial charge in [0, 0.05) is 18.2 Å². The number of carbonyl (C=O) groups excluding carboxylic acids is 1. The van der Waals surface area contributed by atoms with Crippen molar-refractivity contribution in [2.45, 2.75) is 25.5 Å². The molecule has 1 aliphatic heterocycles. The maximum Gasteiger partial charge on any atom is 0.264 e. The number of benzene rings is 1. The molecule has 25 heavy (non-hydrogen) atoms. The summed E-state index contributed by atoms with van der Waals surface area (Å²) in [5, 5.41) is 2.88. The van der Waals surface area contributed by atoms with Crippen LogP contribution >= 0.6 is 0 Å². The van der Waals surface area contributed by atoms with Gasteiger partial charge in [0.05, 0.1) is 12.8 Å². The second-order valence-electron chi connectivity index (χ2n) is 6.28. The molecular formula is C20H18N2O3. The zero-order valence-corrected chi connectivity index (χ0v) is 13.9. The quantitative estimate of drug-likeness (QED) is 0.795. The summed E-state index contributed by atoms with van der Waals surface area (Å²) in [4.78, 5) is 17.0. The lowest BCUT2D eigenvalue weighted by atomic mass is 9.93. The topological polar surface area (TPSA) is 64.4 Å². The lowest BCUT2D eigenvalue weighted by molar-refractivity contribution is -0.134. The molecule has 5 heteroatoms. The summed E-state index contributed by atoms with van der Waals surface area (Å²) in [5.41, 5.74) is 2.12. The third kappa shape index (κ3) is 2.89. The fourth-order valence-electron chi connectivity index (χ4n) is 3.10. The molecule has 3 heterocycles. The van der Waals surface area contributed by atoms with Gasteiger partial charge in [-0.1, -0.05) is 30.3 Å². The van der Waals surface area contributed by atoms with E-state index >= 15 is 0 Å². The van der Waals surface area contributed by atoms with E-state index in [2.05, 4.69) is 10.3 Å². The first-order valence-corrected chi connectivity index (χ1v) is 8.19. The lowest BCUT2D eigenvalue weighted by Crippen LogP contribution is -2.47. The molecule has 2 aromatic heterocycles. The highest BCUT2D eigenvalue weighted by Crippen LogP contribution is 2.39. The highest BCUT2D eigenvalue weighted by Gasteiger charge is 2.43. The van der Waals surface area contributed by atoms with Crippen LogP contribution in [0.15, 0.2) is 65.4 Å². The summed E-state index contributed by atoms with van der Waals surface area (Å²) in [6.07, 6.45) is 3.78. The van der Waals surface area contributed by atoms with Gasteiger partial charge >= 0.3 is 0 Å².